The van der Waals surface area contributed by atoms with Gasteiger partial charge >= 0.3 is 0 Å². The monoisotopic (exact) mass is 294 g/mol. The maximum atomic E-state index is 11.7. The van der Waals surface area contributed by atoms with Gasteiger partial charge < -0.3 is 4.90 Å². The lowest BCUT2D eigenvalue weighted by Gasteiger charge is -2.29. The van der Waals surface area contributed by atoms with Gasteiger partial charge in [-0.05, 0) is 38.3 Å². The van der Waals surface area contributed by atoms with Crippen LogP contribution in [0, 0.1) is 5.92 Å². The van der Waals surface area contributed by atoms with E-state index < -0.39 is 0 Å². The highest BCUT2D eigenvalue weighted by Gasteiger charge is 2.17. The molecule has 20 heavy (non-hydrogen) atoms. The smallest absolute Gasteiger partial charge is 0.171 e. The van der Waals surface area contributed by atoms with E-state index in [0.29, 0.717) is 0 Å². The first kappa shape index (κ1) is 15.6. The van der Waals surface area contributed by atoms with E-state index >= 15 is 0 Å². The molecule has 0 aromatic carbocycles. The van der Waals surface area contributed by atoms with Gasteiger partial charge in [-0.1, -0.05) is 20.3 Å². The first-order valence-corrected chi connectivity index (χ1v) is 8.63. The average molecular weight is 294 g/mol. The Labute approximate surface area is 126 Å². The SMILES string of the molecule is CCCc1nc(CCN2CCC(C)CC2)sc1C(C)=O. The van der Waals surface area contributed by atoms with Crippen LogP contribution >= 0.6 is 11.3 Å². The summed E-state index contributed by atoms with van der Waals surface area (Å²) in [5.74, 6) is 1.05. The van der Waals surface area contributed by atoms with Crippen molar-refractivity contribution in [1.82, 2.24) is 9.88 Å². The summed E-state index contributed by atoms with van der Waals surface area (Å²) in [7, 11) is 0. The van der Waals surface area contributed by atoms with Gasteiger partial charge in [-0.15, -0.1) is 11.3 Å². The van der Waals surface area contributed by atoms with Gasteiger partial charge in [0.15, 0.2) is 5.78 Å². The molecule has 1 aliphatic heterocycles. The maximum absolute atomic E-state index is 11.7. The third-order valence-electron chi connectivity index (χ3n) is 4.07. The fourth-order valence-corrected chi connectivity index (χ4v) is 3.72. The minimum absolute atomic E-state index is 0.170. The van der Waals surface area contributed by atoms with Gasteiger partial charge in [0.1, 0.15) is 0 Å². The molecule has 3 nitrogen and oxygen atoms in total. The summed E-state index contributed by atoms with van der Waals surface area (Å²) >= 11 is 1.61. The molecule has 0 N–H and O–H groups in total. The predicted octanol–water partition coefficient (Wildman–Crippen LogP) is 3.57. The number of nitrogens with zero attached hydrogens (tertiary/aromatic N) is 2. The molecule has 4 heteroatoms. The van der Waals surface area contributed by atoms with E-state index in [1.807, 2.05) is 0 Å². The molecule has 0 spiro atoms. The number of aromatic nitrogens is 1. The second kappa shape index (κ2) is 7.32. The van der Waals surface area contributed by atoms with Crippen molar-refractivity contribution in [2.45, 2.75) is 52.9 Å². The minimum atomic E-state index is 0.170. The number of rotatable bonds is 6. The first-order valence-electron chi connectivity index (χ1n) is 7.82. The molecule has 0 aliphatic carbocycles. The Kier molecular flexibility index (Phi) is 5.73. The minimum Gasteiger partial charge on any atom is -0.303 e. The fourth-order valence-electron chi connectivity index (χ4n) is 2.73. The second-order valence-electron chi connectivity index (χ2n) is 5.96. The highest BCUT2D eigenvalue weighted by atomic mass is 32.1. The Morgan fingerprint density at radius 1 is 1.35 bits per heavy atom. The largest absolute Gasteiger partial charge is 0.303 e. The molecule has 1 aromatic rings. The zero-order valence-electron chi connectivity index (χ0n) is 12.9. The molecule has 0 atom stereocenters. The second-order valence-corrected chi connectivity index (χ2v) is 7.05. The summed E-state index contributed by atoms with van der Waals surface area (Å²) in [4.78, 5) is 19.8. The summed E-state index contributed by atoms with van der Waals surface area (Å²) in [5.41, 5.74) is 1.02. The van der Waals surface area contributed by atoms with Crippen molar-refractivity contribution in [2.75, 3.05) is 19.6 Å². The number of likely N-dealkylation sites (tertiary alicyclic amines) is 1. The molecule has 0 saturated carbocycles. The third kappa shape index (κ3) is 4.13. The molecule has 0 amide bonds. The van der Waals surface area contributed by atoms with Crippen molar-refractivity contribution in [3.05, 3.63) is 15.6 Å². The van der Waals surface area contributed by atoms with Crippen molar-refractivity contribution in [1.29, 1.82) is 0 Å². The van der Waals surface area contributed by atoms with Gasteiger partial charge in [-0.3, -0.25) is 4.79 Å². The van der Waals surface area contributed by atoms with Crippen molar-refractivity contribution < 1.29 is 4.79 Å². The van der Waals surface area contributed by atoms with E-state index in [9.17, 15) is 4.79 Å². The fraction of sp³-hybridized carbons (Fsp3) is 0.750. The molecule has 0 radical (unpaired) electrons. The van der Waals surface area contributed by atoms with Crippen LogP contribution in [0.25, 0.3) is 0 Å². The average Bonchev–Trinajstić information content (AvgIpc) is 2.82. The van der Waals surface area contributed by atoms with Crippen LogP contribution in [0.1, 0.15) is 60.4 Å². The van der Waals surface area contributed by atoms with Gasteiger partial charge in [-0.25, -0.2) is 4.98 Å². The molecule has 0 bridgehead atoms. The molecule has 0 unspecified atom stereocenters. The van der Waals surface area contributed by atoms with Gasteiger partial charge in [0.25, 0.3) is 0 Å². The maximum Gasteiger partial charge on any atom is 0.171 e. The van der Waals surface area contributed by atoms with E-state index in [1.54, 1.807) is 18.3 Å². The number of piperidine rings is 1. The third-order valence-corrected chi connectivity index (χ3v) is 5.32. The van der Waals surface area contributed by atoms with Crippen molar-refractivity contribution in [2.24, 2.45) is 5.92 Å². The van der Waals surface area contributed by atoms with Crippen LogP contribution in [0.2, 0.25) is 0 Å². The summed E-state index contributed by atoms with van der Waals surface area (Å²) in [6, 6.07) is 0. The standard InChI is InChI=1S/C16H26N2OS/c1-4-5-14-16(13(3)19)20-15(17-14)8-11-18-9-6-12(2)7-10-18/h12H,4-11H2,1-3H3. The molecular formula is C16H26N2OS. The molecular weight excluding hydrogens is 268 g/mol. The molecule has 1 fully saturated rings. The van der Waals surface area contributed by atoms with E-state index in [0.717, 1.165) is 47.3 Å². The number of hydrogen-bond donors (Lipinski definition) is 0. The van der Waals surface area contributed by atoms with Crippen LogP contribution in [0.15, 0.2) is 0 Å². The predicted molar refractivity (Wildman–Crippen MR) is 84.7 cm³/mol. The van der Waals surface area contributed by atoms with Crippen LogP contribution in [0.5, 0.6) is 0 Å². The summed E-state index contributed by atoms with van der Waals surface area (Å²) in [6.45, 7) is 9.65. The first-order chi connectivity index (χ1) is 9.60. The highest BCUT2D eigenvalue weighted by Crippen LogP contribution is 2.22. The Hall–Kier alpha value is -0.740. The lowest BCUT2D eigenvalue weighted by atomic mass is 9.99. The summed E-state index contributed by atoms with van der Waals surface area (Å²) < 4.78 is 0. The van der Waals surface area contributed by atoms with Crippen molar-refractivity contribution in [3.8, 4) is 0 Å². The number of Topliss-reactive ketones (excluding diaryl/α,β-unsaturated/α-hetero) is 1. The Morgan fingerprint density at radius 2 is 2.05 bits per heavy atom. The van der Waals surface area contributed by atoms with E-state index in [4.69, 9.17) is 4.98 Å². The Balaban J connectivity index is 1.92. The molecule has 1 aromatic heterocycles. The van der Waals surface area contributed by atoms with Crippen LogP contribution in [0.4, 0.5) is 0 Å². The summed E-state index contributed by atoms with van der Waals surface area (Å²) in [5, 5.41) is 1.14. The van der Waals surface area contributed by atoms with E-state index in [-0.39, 0.29) is 5.78 Å². The number of aryl methyl sites for hydroxylation is 1. The zero-order chi connectivity index (χ0) is 14.5. The van der Waals surface area contributed by atoms with Gasteiger partial charge in [0.05, 0.1) is 15.6 Å². The molecule has 112 valence electrons. The van der Waals surface area contributed by atoms with Crippen LogP contribution in [0.3, 0.4) is 0 Å². The zero-order valence-corrected chi connectivity index (χ0v) is 13.8. The number of thiazole rings is 1. The van der Waals surface area contributed by atoms with Gasteiger partial charge in [-0.2, -0.15) is 0 Å². The normalized spacial score (nSPS) is 17.6. The lowest BCUT2D eigenvalue weighted by Crippen LogP contribution is -2.34. The lowest BCUT2D eigenvalue weighted by molar-refractivity contribution is 0.102. The molecule has 1 aliphatic rings. The number of hydrogen-bond acceptors (Lipinski definition) is 4. The summed E-state index contributed by atoms with van der Waals surface area (Å²) in [6.07, 6.45) is 5.60. The Morgan fingerprint density at radius 3 is 2.65 bits per heavy atom. The number of ketones is 1. The van der Waals surface area contributed by atoms with Crippen molar-refractivity contribution in [3.63, 3.8) is 0 Å². The number of carbonyl (C=O) groups is 1. The van der Waals surface area contributed by atoms with Crippen molar-refractivity contribution >= 4 is 17.1 Å². The van der Waals surface area contributed by atoms with Gasteiger partial charge in [0, 0.05) is 19.9 Å². The Bertz CT molecular complexity index is 447. The van der Waals surface area contributed by atoms with Crippen LogP contribution in [-0.4, -0.2) is 35.3 Å². The quantitative estimate of drug-likeness (QED) is 0.752. The molecule has 1 saturated heterocycles. The van der Waals surface area contributed by atoms with Gasteiger partial charge in [0.2, 0.25) is 0 Å². The van der Waals surface area contributed by atoms with Crippen LogP contribution < -0.4 is 0 Å². The highest BCUT2D eigenvalue weighted by molar-refractivity contribution is 7.13. The van der Waals surface area contributed by atoms with E-state index in [1.165, 1.54) is 25.9 Å². The number of carbonyl (C=O) groups excluding carboxylic acids is 1. The molecule has 2 rings (SSSR count). The molecule has 2 heterocycles. The van der Waals surface area contributed by atoms with Crippen LogP contribution in [-0.2, 0) is 12.8 Å². The topological polar surface area (TPSA) is 33.2 Å². The van der Waals surface area contributed by atoms with E-state index in [2.05, 4.69) is 18.7 Å².